The van der Waals surface area contributed by atoms with E-state index >= 15 is 0 Å². The molecule has 0 atom stereocenters. The third-order valence-corrected chi connectivity index (χ3v) is 3.17. The number of aromatic nitrogens is 1. The number of hydrogen-bond donors (Lipinski definition) is 0. The molecule has 0 saturated carbocycles. The van der Waals surface area contributed by atoms with E-state index in [1.54, 1.807) is 18.2 Å². The van der Waals surface area contributed by atoms with Gasteiger partial charge in [-0.15, -0.1) is 0 Å². The molecule has 3 rings (SSSR count). The third-order valence-electron chi connectivity index (χ3n) is 3.17. The van der Waals surface area contributed by atoms with Gasteiger partial charge >= 0.3 is 6.18 Å². The van der Waals surface area contributed by atoms with Crippen molar-refractivity contribution in [2.45, 2.75) is 19.1 Å². The number of halogens is 3. The predicted octanol–water partition coefficient (Wildman–Crippen LogP) is 3.18. The minimum atomic E-state index is -4.53. The van der Waals surface area contributed by atoms with Crippen molar-refractivity contribution < 1.29 is 18.0 Å². The van der Waals surface area contributed by atoms with Gasteiger partial charge in [-0.25, -0.2) is 4.79 Å². The highest BCUT2D eigenvalue weighted by molar-refractivity contribution is 5.97. The van der Waals surface area contributed by atoms with Gasteiger partial charge in [0.2, 0.25) is 6.08 Å². The number of aliphatic imine (C=N–C) groups is 1. The summed E-state index contributed by atoms with van der Waals surface area (Å²) in [5.74, 6) is 0. The molecule has 0 radical (unpaired) electrons. The molecule has 18 heavy (non-hydrogen) atoms. The first-order chi connectivity index (χ1) is 8.54. The highest BCUT2D eigenvalue weighted by Gasteiger charge is 2.41. The highest BCUT2D eigenvalue weighted by atomic mass is 19.4. The third kappa shape index (κ3) is 1.32. The van der Waals surface area contributed by atoms with Gasteiger partial charge < -0.3 is 4.57 Å². The van der Waals surface area contributed by atoms with E-state index in [0.29, 0.717) is 17.3 Å². The smallest absolute Gasteiger partial charge is 0.335 e. The zero-order valence-electron chi connectivity index (χ0n) is 9.08. The molecule has 0 spiro atoms. The van der Waals surface area contributed by atoms with Crippen molar-refractivity contribution in [3.05, 3.63) is 29.5 Å². The topological polar surface area (TPSA) is 34.4 Å². The van der Waals surface area contributed by atoms with Crippen molar-refractivity contribution in [1.29, 1.82) is 0 Å². The first kappa shape index (κ1) is 11.0. The van der Waals surface area contributed by atoms with Crippen LogP contribution in [-0.4, -0.2) is 10.6 Å². The summed E-state index contributed by atoms with van der Waals surface area (Å²) in [4.78, 5) is 13.6. The maximum atomic E-state index is 13.1. The van der Waals surface area contributed by atoms with E-state index < -0.39 is 11.9 Å². The lowest BCUT2D eigenvalue weighted by atomic mass is 10.1. The summed E-state index contributed by atoms with van der Waals surface area (Å²) in [6.07, 6.45) is -2.75. The van der Waals surface area contributed by atoms with Crippen molar-refractivity contribution in [3.63, 3.8) is 0 Å². The molecule has 0 unspecified atom stereocenters. The number of rotatable bonds is 1. The Morgan fingerprint density at radius 2 is 2.11 bits per heavy atom. The monoisotopic (exact) mass is 252 g/mol. The van der Waals surface area contributed by atoms with Crippen LogP contribution in [0, 0.1) is 0 Å². The molecule has 1 aliphatic rings. The van der Waals surface area contributed by atoms with Gasteiger partial charge in [0.15, 0.2) is 5.69 Å². The zero-order chi connectivity index (χ0) is 12.9. The number of para-hydroxylation sites is 1. The summed E-state index contributed by atoms with van der Waals surface area (Å²) >= 11 is 0. The molecule has 0 amide bonds. The van der Waals surface area contributed by atoms with Crippen LogP contribution in [0.5, 0.6) is 0 Å². The Labute approximate surface area is 99.5 Å². The van der Waals surface area contributed by atoms with E-state index in [9.17, 15) is 18.0 Å². The van der Waals surface area contributed by atoms with Gasteiger partial charge in [0.1, 0.15) is 5.69 Å². The molecule has 92 valence electrons. The lowest BCUT2D eigenvalue weighted by Crippen LogP contribution is -2.12. The number of isocyanates is 1. The van der Waals surface area contributed by atoms with E-state index in [-0.39, 0.29) is 12.2 Å². The van der Waals surface area contributed by atoms with Gasteiger partial charge in [-0.1, -0.05) is 18.2 Å². The van der Waals surface area contributed by atoms with Crippen LogP contribution in [0.25, 0.3) is 10.9 Å². The largest absolute Gasteiger partial charge is 0.433 e. The Bertz CT molecular complexity index is 693. The molecule has 3 nitrogen and oxygen atoms in total. The summed E-state index contributed by atoms with van der Waals surface area (Å²) < 4.78 is 40.4. The van der Waals surface area contributed by atoms with Crippen LogP contribution in [0.3, 0.4) is 0 Å². The number of aryl methyl sites for hydroxylation is 2. The summed E-state index contributed by atoms with van der Waals surface area (Å²) in [5.41, 5.74) is 0.198. The highest BCUT2D eigenvalue weighted by Crippen LogP contribution is 2.45. The van der Waals surface area contributed by atoms with Gasteiger partial charge in [0, 0.05) is 11.9 Å². The molecule has 1 aromatic heterocycles. The zero-order valence-corrected chi connectivity index (χ0v) is 9.08. The molecule has 1 aliphatic heterocycles. The standard InChI is InChI=1S/C12H7F3N2O/c13-12(14,15)11-9(16-6-18)8-3-1-2-7-4-5-17(11)10(7)8/h1-3H,4-5H2. The molecule has 0 fully saturated rings. The fourth-order valence-electron chi connectivity index (χ4n) is 2.57. The quantitative estimate of drug-likeness (QED) is 0.567. The average molecular weight is 252 g/mol. The molecular formula is C12H7F3N2O. The lowest BCUT2D eigenvalue weighted by molar-refractivity contribution is -0.142. The number of nitrogens with zero attached hydrogens (tertiary/aromatic N) is 2. The first-order valence-corrected chi connectivity index (χ1v) is 5.33. The van der Waals surface area contributed by atoms with Gasteiger partial charge in [-0.2, -0.15) is 18.2 Å². The number of hydrogen-bond acceptors (Lipinski definition) is 2. The van der Waals surface area contributed by atoms with E-state index in [4.69, 9.17) is 0 Å². The number of alkyl halides is 3. The average Bonchev–Trinajstić information content (AvgIpc) is 2.83. The Kier molecular flexibility index (Phi) is 2.12. The molecule has 0 aliphatic carbocycles. The van der Waals surface area contributed by atoms with Crippen molar-refractivity contribution in [1.82, 2.24) is 4.57 Å². The maximum absolute atomic E-state index is 13.1. The fourth-order valence-corrected chi connectivity index (χ4v) is 2.57. The van der Waals surface area contributed by atoms with Crippen molar-refractivity contribution in [3.8, 4) is 0 Å². The SMILES string of the molecule is O=C=Nc1c(C(F)(F)F)n2c3c(cccc13)CC2. The van der Waals surface area contributed by atoms with Crippen LogP contribution in [0.15, 0.2) is 23.2 Å². The molecular weight excluding hydrogens is 245 g/mol. The maximum Gasteiger partial charge on any atom is 0.433 e. The molecule has 0 saturated heterocycles. The second-order valence-electron chi connectivity index (χ2n) is 4.11. The van der Waals surface area contributed by atoms with Gasteiger partial charge in [0.25, 0.3) is 0 Å². The molecule has 2 aromatic rings. The minimum Gasteiger partial charge on any atom is -0.335 e. The van der Waals surface area contributed by atoms with Crippen LogP contribution in [-0.2, 0) is 23.9 Å². The van der Waals surface area contributed by atoms with Crippen LogP contribution < -0.4 is 0 Å². The van der Waals surface area contributed by atoms with Crippen LogP contribution in [0.1, 0.15) is 11.3 Å². The van der Waals surface area contributed by atoms with Gasteiger partial charge in [-0.05, 0) is 12.0 Å². The molecule has 1 aromatic carbocycles. The van der Waals surface area contributed by atoms with Crippen LogP contribution in [0.2, 0.25) is 0 Å². The first-order valence-electron chi connectivity index (χ1n) is 5.33. The summed E-state index contributed by atoms with van der Waals surface area (Å²) in [5, 5.41) is 0.362. The fraction of sp³-hybridized carbons (Fsp3) is 0.250. The van der Waals surface area contributed by atoms with E-state index in [0.717, 1.165) is 5.56 Å². The second kappa shape index (κ2) is 3.46. The summed E-state index contributed by atoms with van der Waals surface area (Å²) in [7, 11) is 0. The predicted molar refractivity (Wildman–Crippen MR) is 58.4 cm³/mol. The number of benzene rings is 1. The molecule has 6 heteroatoms. The van der Waals surface area contributed by atoms with Crippen molar-refractivity contribution in [2.75, 3.05) is 0 Å². The summed E-state index contributed by atoms with van der Waals surface area (Å²) in [6.45, 7) is 0.263. The molecule has 0 N–H and O–H groups in total. The van der Waals surface area contributed by atoms with Crippen LogP contribution in [0.4, 0.5) is 18.9 Å². The molecule has 2 heterocycles. The number of carbonyl (C=O) groups excluding carboxylic acids is 1. The van der Waals surface area contributed by atoms with Gasteiger partial charge in [0.05, 0.1) is 5.52 Å². The van der Waals surface area contributed by atoms with Crippen molar-refractivity contribution >= 4 is 22.7 Å². The minimum absolute atomic E-state index is 0.263. The molecule has 0 bridgehead atoms. The van der Waals surface area contributed by atoms with E-state index in [2.05, 4.69) is 4.99 Å². The van der Waals surface area contributed by atoms with Gasteiger partial charge in [-0.3, -0.25) is 0 Å². The van der Waals surface area contributed by atoms with E-state index in [1.165, 1.54) is 10.6 Å². The normalized spacial score (nSPS) is 13.9. The Hall–Kier alpha value is -2.07. The lowest BCUT2D eigenvalue weighted by Gasteiger charge is -2.09. The second-order valence-corrected chi connectivity index (χ2v) is 4.11. The Balaban J connectivity index is 2.50. The summed E-state index contributed by atoms with van der Waals surface area (Å²) in [6, 6.07) is 5.02. The Morgan fingerprint density at radius 1 is 1.33 bits per heavy atom. The van der Waals surface area contributed by atoms with Crippen molar-refractivity contribution in [2.24, 2.45) is 4.99 Å². The Morgan fingerprint density at radius 3 is 2.78 bits per heavy atom. The van der Waals surface area contributed by atoms with E-state index in [1.807, 2.05) is 0 Å². The van der Waals surface area contributed by atoms with Crippen LogP contribution >= 0.6 is 0 Å².